The summed E-state index contributed by atoms with van der Waals surface area (Å²) in [6.07, 6.45) is 0.149. The monoisotopic (exact) mass is 453 g/mol. The van der Waals surface area contributed by atoms with Gasteiger partial charge < -0.3 is 19.9 Å². The molecule has 25 heavy (non-hydrogen) atoms. The molecule has 0 saturated heterocycles. The van der Waals surface area contributed by atoms with E-state index in [-0.39, 0.29) is 19.1 Å². The molecular formula is C19H20INO4. The van der Waals surface area contributed by atoms with Gasteiger partial charge in [0.05, 0.1) is 0 Å². The van der Waals surface area contributed by atoms with Crippen LogP contribution < -0.4 is 14.8 Å². The zero-order valence-electron chi connectivity index (χ0n) is 13.7. The van der Waals surface area contributed by atoms with E-state index in [0.717, 1.165) is 21.3 Å². The minimum Gasteiger partial charge on any atom is -0.491 e. The van der Waals surface area contributed by atoms with E-state index in [4.69, 9.17) is 9.47 Å². The van der Waals surface area contributed by atoms with Crippen LogP contribution in [0.3, 0.4) is 0 Å². The fourth-order valence-corrected chi connectivity index (χ4v) is 3.20. The van der Waals surface area contributed by atoms with E-state index in [2.05, 4.69) is 34.0 Å². The second kappa shape index (κ2) is 8.53. The minimum atomic E-state index is -0.776. The molecule has 0 aromatic heterocycles. The van der Waals surface area contributed by atoms with Gasteiger partial charge in [0.25, 0.3) is 5.91 Å². The van der Waals surface area contributed by atoms with Crippen molar-refractivity contribution in [2.75, 3.05) is 13.2 Å². The summed E-state index contributed by atoms with van der Waals surface area (Å²) in [5.41, 5.74) is 1.13. The molecular weight excluding hydrogens is 433 g/mol. The van der Waals surface area contributed by atoms with Crippen LogP contribution in [0.25, 0.3) is 0 Å². The maximum Gasteiger partial charge on any atom is 0.261 e. The third-order valence-corrected chi connectivity index (χ3v) is 4.63. The van der Waals surface area contributed by atoms with Gasteiger partial charge in [0.2, 0.25) is 0 Å². The fourth-order valence-electron chi connectivity index (χ4n) is 2.64. The summed E-state index contributed by atoms with van der Waals surface area (Å²) in [5.74, 6) is 1.25. The van der Waals surface area contributed by atoms with Gasteiger partial charge >= 0.3 is 0 Å². The van der Waals surface area contributed by atoms with Gasteiger partial charge in [0, 0.05) is 10.1 Å². The molecule has 0 spiro atoms. The third kappa shape index (κ3) is 5.09. The first-order chi connectivity index (χ1) is 12.1. The van der Waals surface area contributed by atoms with Gasteiger partial charge in [-0.2, -0.15) is 0 Å². The maximum atomic E-state index is 12.3. The van der Waals surface area contributed by atoms with Crippen molar-refractivity contribution in [2.45, 2.75) is 25.0 Å². The molecule has 5 nitrogen and oxygen atoms in total. The first-order valence-electron chi connectivity index (χ1n) is 8.20. The van der Waals surface area contributed by atoms with Crippen molar-refractivity contribution in [3.05, 3.63) is 57.7 Å². The summed E-state index contributed by atoms with van der Waals surface area (Å²) in [5, 5.41) is 12.7. The lowest BCUT2D eigenvalue weighted by Crippen LogP contribution is -2.44. The Labute approximate surface area is 160 Å². The van der Waals surface area contributed by atoms with Crippen LogP contribution in [0.4, 0.5) is 0 Å². The van der Waals surface area contributed by atoms with E-state index < -0.39 is 12.2 Å². The highest BCUT2D eigenvalue weighted by Crippen LogP contribution is 2.29. The Kier molecular flexibility index (Phi) is 6.14. The molecule has 1 heterocycles. The summed E-state index contributed by atoms with van der Waals surface area (Å²) >= 11 is 2.26. The van der Waals surface area contributed by atoms with E-state index in [1.807, 2.05) is 42.5 Å². The van der Waals surface area contributed by atoms with Crippen molar-refractivity contribution in [3.63, 3.8) is 0 Å². The number of amides is 1. The van der Waals surface area contributed by atoms with E-state index in [9.17, 15) is 9.90 Å². The third-order valence-electron chi connectivity index (χ3n) is 3.96. The van der Waals surface area contributed by atoms with Gasteiger partial charge in [-0.15, -0.1) is 0 Å². The molecule has 2 N–H and O–H groups in total. The summed E-state index contributed by atoms with van der Waals surface area (Å²) in [6.45, 7) is 0.252. The summed E-state index contributed by atoms with van der Waals surface area (Å²) < 4.78 is 12.4. The Morgan fingerprint density at radius 2 is 2.12 bits per heavy atom. The number of halogens is 1. The summed E-state index contributed by atoms with van der Waals surface area (Å²) in [7, 11) is 0. The lowest BCUT2D eigenvalue weighted by Gasteiger charge is -2.25. The number of benzene rings is 2. The molecule has 1 amide bonds. The molecule has 0 saturated carbocycles. The first kappa shape index (κ1) is 18.0. The van der Waals surface area contributed by atoms with Gasteiger partial charge in [-0.05, 0) is 71.3 Å². The molecule has 132 valence electrons. The molecule has 1 aliphatic heterocycles. The molecule has 2 aromatic rings. The van der Waals surface area contributed by atoms with Crippen LogP contribution in [0, 0.1) is 3.57 Å². The predicted octanol–water partition coefficient (Wildman–Crippen LogP) is 2.54. The minimum absolute atomic E-state index is 0.122. The second-order valence-corrected chi connectivity index (χ2v) is 7.17. The number of carbonyl (C=O) groups excluding carboxylic acids is 1. The van der Waals surface area contributed by atoms with Gasteiger partial charge in [-0.1, -0.05) is 18.2 Å². The van der Waals surface area contributed by atoms with Crippen molar-refractivity contribution in [2.24, 2.45) is 0 Å². The topological polar surface area (TPSA) is 67.8 Å². The van der Waals surface area contributed by atoms with Gasteiger partial charge in [-0.25, -0.2) is 0 Å². The normalized spacial score (nSPS) is 17.1. The molecule has 0 radical (unpaired) electrons. The average Bonchev–Trinajstić information content (AvgIpc) is 2.64. The van der Waals surface area contributed by atoms with Crippen LogP contribution in [0.2, 0.25) is 0 Å². The Morgan fingerprint density at radius 3 is 2.92 bits per heavy atom. The van der Waals surface area contributed by atoms with E-state index in [1.165, 1.54) is 0 Å². The van der Waals surface area contributed by atoms with E-state index >= 15 is 0 Å². The van der Waals surface area contributed by atoms with Crippen LogP contribution in [0.5, 0.6) is 11.5 Å². The molecule has 2 aromatic carbocycles. The lowest BCUT2D eigenvalue weighted by atomic mass is 10.0. The molecule has 6 heteroatoms. The van der Waals surface area contributed by atoms with E-state index in [1.54, 1.807) is 0 Å². The average molecular weight is 453 g/mol. The quantitative estimate of drug-likeness (QED) is 0.660. The Morgan fingerprint density at radius 1 is 1.32 bits per heavy atom. The molecule has 2 atom stereocenters. The largest absolute Gasteiger partial charge is 0.491 e. The highest BCUT2D eigenvalue weighted by Gasteiger charge is 2.26. The predicted molar refractivity (Wildman–Crippen MR) is 103 cm³/mol. The van der Waals surface area contributed by atoms with Crippen molar-refractivity contribution in [1.82, 2.24) is 5.32 Å². The highest BCUT2D eigenvalue weighted by molar-refractivity contribution is 14.1. The number of carbonyl (C=O) groups is 1. The SMILES string of the molecule is O=C(NCC(O)COc1ccccc1)C1CCc2cc(I)ccc2O1. The maximum absolute atomic E-state index is 12.3. The van der Waals surface area contributed by atoms with Gasteiger partial charge in [0.15, 0.2) is 6.10 Å². The number of hydrogen-bond donors (Lipinski definition) is 2. The van der Waals surface area contributed by atoms with Crippen molar-refractivity contribution >= 4 is 28.5 Å². The summed E-state index contributed by atoms with van der Waals surface area (Å²) in [6, 6.07) is 15.2. The summed E-state index contributed by atoms with van der Waals surface area (Å²) in [4.78, 5) is 12.3. The first-order valence-corrected chi connectivity index (χ1v) is 9.28. The highest BCUT2D eigenvalue weighted by atomic mass is 127. The number of para-hydroxylation sites is 1. The lowest BCUT2D eigenvalue weighted by molar-refractivity contribution is -0.129. The van der Waals surface area contributed by atoms with Crippen molar-refractivity contribution in [3.8, 4) is 11.5 Å². The second-order valence-electron chi connectivity index (χ2n) is 5.92. The van der Waals surface area contributed by atoms with Crippen LogP contribution in [-0.4, -0.2) is 36.4 Å². The van der Waals surface area contributed by atoms with Crippen LogP contribution in [0.1, 0.15) is 12.0 Å². The standard InChI is InChI=1S/C19H20INO4/c20-14-7-9-17-13(10-14)6-8-18(25-17)19(23)21-11-15(22)12-24-16-4-2-1-3-5-16/h1-5,7,9-10,15,18,22H,6,8,11-12H2,(H,21,23). The number of rotatable bonds is 6. The van der Waals surface area contributed by atoms with Crippen molar-refractivity contribution < 1.29 is 19.4 Å². The fraction of sp³-hybridized carbons (Fsp3) is 0.316. The number of aliphatic hydroxyl groups excluding tert-OH is 1. The molecule has 0 fully saturated rings. The Bertz CT molecular complexity index is 723. The van der Waals surface area contributed by atoms with Crippen LogP contribution >= 0.6 is 22.6 Å². The number of hydrogen-bond acceptors (Lipinski definition) is 4. The zero-order valence-corrected chi connectivity index (χ0v) is 15.8. The molecule has 3 rings (SSSR count). The number of nitrogens with one attached hydrogen (secondary N) is 1. The smallest absolute Gasteiger partial charge is 0.261 e. The van der Waals surface area contributed by atoms with Gasteiger partial charge in [-0.3, -0.25) is 4.79 Å². The molecule has 0 bridgehead atoms. The Balaban J connectivity index is 1.44. The molecule has 1 aliphatic rings. The Hall–Kier alpha value is -1.80. The van der Waals surface area contributed by atoms with Crippen LogP contribution in [0.15, 0.2) is 48.5 Å². The number of fused-ring (bicyclic) bond motifs is 1. The number of aliphatic hydroxyl groups is 1. The number of ether oxygens (including phenoxy) is 2. The zero-order chi connectivity index (χ0) is 17.6. The molecule has 0 aliphatic carbocycles. The molecule has 2 unspecified atom stereocenters. The van der Waals surface area contributed by atoms with Crippen molar-refractivity contribution in [1.29, 1.82) is 0 Å². The van der Waals surface area contributed by atoms with Gasteiger partial charge in [0.1, 0.15) is 24.2 Å². The van der Waals surface area contributed by atoms with Crippen LogP contribution in [-0.2, 0) is 11.2 Å². The number of aryl methyl sites for hydroxylation is 1. The van der Waals surface area contributed by atoms with E-state index in [0.29, 0.717) is 12.2 Å².